The molecule has 76 valence electrons. The fraction of sp³-hybridized carbons (Fsp3) is 0.500. The first kappa shape index (κ1) is 10.0. The minimum atomic E-state index is 0.382. The topological polar surface area (TPSA) is 20.2 Å². The number of phenolic OH excluding ortho intramolecular Hbond substituents is 1. The van der Waals surface area contributed by atoms with E-state index in [1.165, 1.54) is 30.4 Å². The van der Waals surface area contributed by atoms with E-state index in [2.05, 4.69) is 22.9 Å². The zero-order valence-electron chi connectivity index (χ0n) is 8.39. The molecule has 0 aromatic heterocycles. The van der Waals surface area contributed by atoms with E-state index >= 15 is 0 Å². The lowest BCUT2D eigenvalue weighted by Crippen LogP contribution is -2.09. The van der Waals surface area contributed by atoms with E-state index in [4.69, 9.17) is 0 Å². The highest BCUT2D eigenvalue weighted by molar-refractivity contribution is 9.10. The molecule has 0 fully saturated rings. The van der Waals surface area contributed by atoms with E-state index in [0.717, 1.165) is 10.9 Å². The lowest BCUT2D eigenvalue weighted by molar-refractivity contribution is 0.469. The smallest absolute Gasteiger partial charge is 0.116 e. The molecule has 1 atom stereocenters. The third-order valence-corrected chi connectivity index (χ3v) is 3.76. The Morgan fingerprint density at radius 3 is 3.00 bits per heavy atom. The van der Waals surface area contributed by atoms with Gasteiger partial charge in [-0.25, -0.2) is 0 Å². The van der Waals surface area contributed by atoms with E-state index in [1.807, 2.05) is 12.1 Å². The van der Waals surface area contributed by atoms with Gasteiger partial charge in [0.05, 0.1) is 0 Å². The molecule has 1 aliphatic carbocycles. The molecule has 0 amide bonds. The predicted molar refractivity (Wildman–Crippen MR) is 61.8 cm³/mol. The van der Waals surface area contributed by atoms with Crippen LogP contribution in [0.25, 0.3) is 0 Å². The highest BCUT2D eigenvalue weighted by Crippen LogP contribution is 2.40. The molecule has 14 heavy (non-hydrogen) atoms. The van der Waals surface area contributed by atoms with Crippen LogP contribution in [0.3, 0.4) is 0 Å². The van der Waals surface area contributed by atoms with Gasteiger partial charge in [0.15, 0.2) is 0 Å². The van der Waals surface area contributed by atoms with Crippen LogP contribution in [0.5, 0.6) is 5.75 Å². The van der Waals surface area contributed by atoms with Gasteiger partial charge in [-0.05, 0) is 54.9 Å². The predicted octanol–water partition coefficient (Wildman–Crippen LogP) is 3.98. The van der Waals surface area contributed by atoms with E-state index < -0.39 is 0 Å². The van der Waals surface area contributed by atoms with Gasteiger partial charge in [-0.3, -0.25) is 0 Å². The Kier molecular flexibility index (Phi) is 2.82. The molecule has 0 radical (unpaired) electrons. The molecule has 1 aromatic rings. The summed E-state index contributed by atoms with van der Waals surface area (Å²) in [6.07, 6.45) is 4.84. The SMILES string of the molecule is CCC1CCCc2cc(O)cc(Br)c21. The van der Waals surface area contributed by atoms with Gasteiger partial charge in [-0.1, -0.05) is 22.9 Å². The van der Waals surface area contributed by atoms with Crippen LogP contribution in [0, 0.1) is 0 Å². The number of fused-ring (bicyclic) bond motifs is 1. The zero-order valence-corrected chi connectivity index (χ0v) is 9.97. The molecular formula is C12H15BrO. The largest absolute Gasteiger partial charge is 0.508 e. The number of hydrogen-bond acceptors (Lipinski definition) is 1. The standard InChI is InChI=1S/C12H15BrO/c1-2-8-4-3-5-9-6-10(14)7-11(13)12(8)9/h6-8,14H,2-5H2,1H3. The Balaban J connectivity index is 2.51. The van der Waals surface area contributed by atoms with Gasteiger partial charge in [0, 0.05) is 4.47 Å². The Bertz CT molecular complexity index is 346. The molecule has 2 rings (SSSR count). The maximum absolute atomic E-state index is 9.50. The van der Waals surface area contributed by atoms with Crippen molar-refractivity contribution in [2.45, 2.75) is 38.5 Å². The summed E-state index contributed by atoms with van der Waals surface area (Å²) in [5.74, 6) is 1.06. The van der Waals surface area contributed by atoms with Gasteiger partial charge in [-0.2, -0.15) is 0 Å². The second kappa shape index (κ2) is 3.93. The molecule has 0 saturated heterocycles. The maximum Gasteiger partial charge on any atom is 0.116 e. The first-order chi connectivity index (χ1) is 6.72. The second-order valence-electron chi connectivity index (χ2n) is 4.00. The van der Waals surface area contributed by atoms with Gasteiger partial charge in [0.25, 0.3) is 0 Å². The van der Waals surface area contributed by atoms with Crippen molar-refractivity contribution in [3.63, 3.8) is 0 Å². The molecule has 0 spiro atoms. The van der Waals surface area contributed by atoms with Crippen molar-refractivity contribution in [1.29, 1.82) is 0 Å². The number of benzene rings is 1. The van der Waals surface area contributed by atoms with Gasteiger partial charge in [0.1, 0.15) is 5.75 Å². The maximum atomic E-state index is 9.50. The summed E-state index contributed by atoms with van der Waals surface area (Å²) >= 11 is 3.55. The van der Waals surface area contributed by atoms with Crippen LogP contribution in [0.2, 0.25) is 0 Å². The third kappa shape index (κ3) is 1.68. The van der Waals surface area contributed by atoms with Crippen LogP contribution < -0.4 is 0 Å². The summed E-state index contributed by atoms with van der Waals surface area (Å²) in [6.45, 7) is 2.24. The minimum absolute atomic E-state index is 0.382. The molecule has 1 nitrogen and oxygen atoms in total. The molecule has 1 aromatic carbocycles. The van der Waals surface area contributed by atoms with E-state index in [0.29, 0.717) is 11.7 Å². The van der Waals surface area contributed by atoms with Gasteiger partial charge >= 0.3 is 0 Å². The summed E-state index contributed by atoms with van der Waals surface area (Å²) < 4.78 is 1.08. The van der Waals surface area contributed by atoms with Crippen molar-refractivity contribution in [1.82, 2.24) is 0 Å². The van der Waals surface area contributed by atoms with Crippen molar-refractivity contribution < 1.29 is 5.11 Å². The molecule has 1 unspecified atom stereocenters. The second-order valence-corrected chi connectivity index (χ2v) is 4.85. The lowest BCUT2D eigenvalue weighted by Gasteiger charge is -2.25. The molecule has 1 N–H and O–H groups in total. The van der Waals surface area contributed by atoms with Gasteiger partial charge in [-0.15, -0.1) is 0 Å². The van der Waals surface area contributed by atoms with E-state index in [9.17, 15) is 5.11 Å². The Morgan fingerprint density at radius 2 is 2.29 bits per heavy atom. The number of aryl methyl sites for hydroxylation is 1. The van der Waals surface area contributed by atoms with Crippen LogP contribution in [-0.4, -0.2) is 5.11 Å². The van der Waals surface area contributed by atoms with Crippen LogP contribution in [0.4, 0.5) is 0 Å². The van der Waals surface area contributed by atoms with Gasteiger partial charge in [0.2, 0.25) is 0 Å². The summed E-state index contributed by atoms with van der Waals surface area (Å²) in [7, 11) is 0. The fourth-order valence-electron chi connectivity index (χ4n) is 2.41. The fourth-order valence-corrected chi connectivity index (χ4v) is 3.23. The molecular weight excluding hydrogens is 240 g/mol. The van der Waals surface area contributed by atoms with Crippen LogP contribution >= 0.6 is 15.9 Å². The number of aromatic hydroxyl groups is 1. The Hall–Kier alpha value is -0.500. The Morgan fingerprint density at radius 1 is 1.50 bits per heavy atom. The summed E-state index contributed by atoms with van der Waals surface area (Å²) in [5, 5.41) is 9.50. The van der Waals surface area contributed by atoms with Crippen LogP contribution in [-0.2, 0) is 6.42 Å². The molecule has 0 saturated carbocycles. The summed E-state index contributed by atoms with van der Waals surface area (Å²) in [6, 6.07) is 3.73. The first-order valence-electron chi connectivity index (χ1n) is 5.23. The number of phenols is 1. The van der Waals surface area contributed by atoms with Crippen molar-refractivity contribution >= 4 is 15.9 Å². The lowest BCUT2D eigenvalue weighted by atomic mass is 9.81. The van der Waals surface area contributed by atoms with Crippen LogP contribution in [0.15, 0.2) is 16.6 Å². The van der Waals surface area contributed by atoms with Crippen molar-refractivity contribution in [3.05, 3.63) is 27.7 Å². The average Bonchev–Trinajstić information content (AvgIpc) is 2.16. The van der Waals surface area contributed by atoms with Gasteiger partial charge < -0.3 is 5.11 Å². The number of halogens is 1. The quantitative estimate of drug-likeness (QED) is 0.804. The molecule has 0 bridgehead atoms. The molecule has 0 aliphatic heterocycles. The van der Waals surface area contributed by atoms with E-state index in [-0.39, 0.29) is 0 Å². The summed E-state index contributed by atoms with van der Waals surface area (Å²) in [4.78, 5) is 0. The average molecular weight is 255 g/mol. The minimum Gasteiger partial charge on any atom is -0.508 e. The summed E-state index contributed by atoms with van der Waals surface area (Å²) in [5.41, 5.74) is 2.76. The number of rotatable bonds is 1. The first-order valence-corrected chi connectivity index (χ1v) is 6.03. The zero-order chi connectivity index (χ0) is 10.1. The monoisotopic (exact) mass is 254 g/mol. The molecule has 1 aliphatic rings. The Labute approximate surface area is 93.3 Å². The van der Waals surface area contributed by atoms with Crippen molar-refractivity contribution in [2.75, 3.05) is 0 Å². The third-order valence-electron chi connectivity index (χ3n) is 3.10. The highest BCUT2D eigenvalue weighted by atomic mass is 79.9. The number of hydrogen-bond donors (Lipinski definition) is 1. The molecule has 0 heterocycles. The molecule has 2 heteroatoms. The van der Waals surface area contributed by atoms with Crippen molar-refractivity contribution in [2.24, 2.45) is 0 Å². The normalized spacial score (nSPS) is 20.6. The van der Waals surface area contributed by atoms with Crippen LogP contribution in [0.1, 0.15) is 43.2 Å². The van der Waals surface area contributed by atoms with E-state index in [1.54, 1.807) is 0 Å². The highest BCUT2D eigenvalue weighted by Gasteiger charge is 2.21. The van der Waals surface area contributed by atoms with Crippen molar-refractivity contribution in [3.8, 4) is 5.75 Å².